The summed E-state index contributed by atoms with van der Waals surface area (Å²) in [5.74, 6) is 0.113. The summed E-state index contributed by atoms with van der Waals surface area (Å²) in [6.07, 6.45) is 28.3. The van der Waals surface area contributed by atoms with Crippen molar-refractivity contribution in [3.8, 4) is 11.5 Å². The Morgan fingerprint density at radius 3 is 2.00 bits per heavy atom. The highest BCUT2D eigenvalue weighted by Gasteiger charge is 2.40. The Hall–Kier alpha value is -3.53. The molecule has 0 unspecified atom stereocenters. The van der Waals surface area contributed by atoms with Gasteiger partial charge in [0.15, 0.2) is 11.5 Å². The molecule has 0 saturated heterocycles. The summed E-state index contributed by atoms with van der Waals surface area (Å²) in [7, 11) is 0. The molecular weight excluding hydrogens is 566 g/mol. The number of allylic oxidation sites excluding steroid dienone is 3. The molecule has 46 heavy (non-hydrogen) atoms. The van der Waals surface area contributed by atoms with E-state index in [1.54, 1.807) is 12.1 Å². The number of phenolic OH excluding ortho intramolecular Hbond substituents is 1. The quantitative estimate of drug-likeness (QED) is 0.0947. The highest BCUT2D eigenvalue weighted by atomic mass is 16.5. The zero-order valence-corrected chi connectivity index (χ0v) is 28.7. The molecule has 248 valence electrons. The Bertz CT molecular complexity index is 1440. The summed E-state index contributed by atoms with van der Waals surface area (Å²) in [6, 6.07) is 18.3. The van der Waals surface area contributed by atoms with Crippen LogP contribution < -0.4 is 9.64 Å². The van der Waals surface area contributed by atoms with Gasteiger partial charge in [0.2, 0.25) is 0 Å². The first kappa shape index (κ1) is 35.3. The second kappa shape index (κ2) is 18.6. The molecule has 0 saturated carbocycles. The van der Waals surface area contributed by atoms with Crippen LogP contribution in [0.2, 0.25) is 0 Å². The summed E-state index contributed by atoms with van der Waals surface area (Å²) >= 11 is 0. The third-order valence-electron chi connectivity index (χ3n) is 9.69. The van der Waals surface area contributed by atoms with E-state index in [1.165, 1.54) is 130 Å². The summed E-state index contributed by atoms with van der Waals surface area (Å²) in [6.45, 7) is 8.30. The number of carbonyl (C=O) groups excluding carboxylic acids is 1. The van der Waals surface area contributed by atoms with Crippen LogP contribution in [0.3, 0.4) is 0 Å². The Morgan fingerprint density at radius 1 is 0.761 bits per heavy atom. The lowest BCUT2D eigenvalue weighted by Gasteiger charge is -2.27. The average Bonchev–Trinajstić information content (AvgIpc) is 3.27. The van der Waals surface area contributed by atoms with E-state index < -0.39 is 0 Å². The predicted octanol–water partition coefficient (Wildman–Crippen LogP) is 12.0. The number of nitrogens with zero attached hydrogens (tertiary/aromatic N) is 1. The monoisotopic (exact) mass is 623 g/mol. The van der Waals surface area contributed by atoms with Gasteiger partial charge in [-0.2, -0.15) is 0 Å². The predicted molar refractivity (Wildman–Crippen MR) is 196 cm³/mol. The molecule has 1 heterocycles. The number of rotatable bonds is 21. The molecule has 4 heteroatoms. The van der Waals surface area contributed by atoms with E-state index in [9.17, 15) is 9.90 Å². The number of hydrogen-bond donors (Lipinski definition) is 1. The molecule has 3 aromatic rings. The summed E-state index contributed by atoms with van der Waals surface area (Å²) in [4.78, 5) is 13.4. The largest absolute Gasteiger partial charge is 0.504 e. The molecule has 0 aromatic heterocycles. The van der Waals surface area contributed by atoms with Crippen molar-refractivity contribution < 1.29 is 14.6 Å². The van der Waals surface area contributed by atoms with E-state index in [0.29, 0.717) is 6.47 Å². The minimum atomic E-state index is -0.156. The fourth-order valence-electron chi connectivity index (χ4n) is 7.13. The minimum absolute atomic E-state index is 0.0492. The number of unbranched alkanes of at least 4 members (excludes halogenated alkanes) is 15. The second-order valence-electron chi connectivity index (χ2n) is 13.6. The minimum Gasteiger partial charge on any atom is -0.504 e. The SMILES string of the molecule is CCCCCCCCCCCCCCCCCCN1C(=CC=Cc2ccc(O)c(OC=O)c2)C(C)(C)c2c1ccc1ccccc21. The molecule has 4 nitrogen and oxygen atoms in total. The maximum Gasteiger partial charge on any atom is 0.298 e. The van der Waals surface area contributed by atoms with Crippen molar-refractivity contribution in [3.63, 3.8) is 0 Å². The first-order chi connectivity index (χ1) is 22.5. The smallest absolute Gasteiger partial charge is 0.298 e. The van der Waals surface area contributed by atoms with Crippen LogP contribution in [0.15, 0.2) is 72.4 Å². The molecule has 1 N–H and O–H groups in total. The van der Waals surface area contributed by atoms with Gasteiger partial charge in [0.25, 0.3) is 6.47 Å². The first-order valence-corrected chi connectivity index (χ1v) is 18.1. The van der Waals surface area contributed by atoms with E-state index in [2.05, 4.69) is 74.2 Å². The van der Waals surface area contributed by atoms with Crippen molar-refractivity contribution >= 4 is 29.0 Å². The van der Waals surface area contributed by atoms with Gasteiger partial charge in [-0.1, -0.05) is 166 Å². The normalized spacial score (nSPS) is 14.8. The van der Waals surface area contributed by atoms with Gasteiger partial charge in [-0.05, 0) is 52.6 Å². The van der Waals surface area contributed by atoms with Crippen molar-refractivity contribution in [2.24, 2.45) is 0 Å². The van der Waals surface area contributed by atoms with Gasteiger partial charge in [-0.15, -0.1) is 0 Å². The molecule has 0 radical (unpaired) electrons. The van der Waals surface area contributed by atoms with Gasteiger partial charge in [0.1, 0.15) is 0 Å². The third-order valence-corrected chi connectivity index (χ3v) is 9.69. The summed E-state index contributed by atoms with van der Waals surface area (Å²) in [5, 5.41) is 12.6. The number of fused-ring (bicyclic) bond motifs is 3. The average molecular weight is 624 g/mol. The van der Waals surface area contributed by atoms with Gasteiger partial charge in [0.05, 0.1) is 0 Å². The highest BCUT2D eigenvalue weighted by Crippen LogP contribution is 2.50. The number of aromatic hydroxyl groups is 1. The maximum absolute atomic E-state index is 10.8. The summed E-state index contributed by atoms with van der Waals surface area (Å²) < 4.78 is 4.92. The molecular formula is C42H57NO3. The standard InChI is InChI=1S/C42H57NO3/c1-4-5-6-7-8-9-10-11-12-13-14-15-16-17-18-21-31-43-37-29-28-35-24-19-20-25-36(35)41(37)42(2,3)40(43)26-22-23-34-27-30-38(45)39(32-34)46-33-44/h19-20,22-30,32-33,45H,4-18,21,31H2,1-3H3. The maximum atomic E-state index is 10.8. The van der Waals surface area contributed by atoms with Crippen LogP contribution in [0.5, 0.6) is 11.5 Å². The molecule has 1 aliphatic heterocycles. The van der Waals surface area contributed by atoms with Gasteiger partial charge < -0.3 is 14.7 Å². The lowest BCUT2D eigenvalue weighted by molar-refractivity contribution is -0.120. The molecule has 0 bridgehead atoms. The van der Waals surface area contributed by atoms with Crippen molar-refractivity contribution in [1.29, 1.82) is 0 Å². The molecule has 0 aliphatic carbocycles. The van der Waals surface area contributed by atoms with Crippen molar-refractivity contribution in [2.45, 2.75) is 129 Å². The van der Waals surface area contributed by atoms with Crippen molar-refractivity contribution in [2.75, 3.05) is 11.4 Å². The van der Waals surface area contributed by atoms with Gasteiger partial charge in [-0.3, -0.25) is 4.79 Å². The van der Waals surface area contributed by atoms with E-state index in [0.717, 1.165) is 12.1 Å². The van der Waals surface area contributed by atoms with E-state index in [-0.39, 0.29) is 16.9 Å². The van der Waals surface area contributed by atoms with Gasteiger partial charge >= 0.3 is 0 Å². The number of carbonyl (C=O) groups is 1. The summed E-state index contributed by atoms with van der Waals surface area (Å²) in [5.41, 5.74) is 4.70. The number of hydrogen-bond acceptors (Lipinski definition) is 4. The van der Waals surface area contributed by atoms with E-state index in [1.807, 2.05) is 12.1 Å². The van der Waals surface area contributed by atoms with Gasteiger partial charge in [-0.25, -0.2) is 0 Å². The number of ether oxygens (including phenoxy) is 1. The fourth-order valence-corrected chi connectivity index (χ4v) is 7.13. The topological polar surface area (TPSA) is 49.8 Å². The number of benzene rings is 3. The Balaban J connectivity index is 1.30. The first-order valence-electron chi connectivity index (χ1n) is 18.1. The number of anilines is 1. The zero-order valence-electron chi connectivity index (χ0n) is 28.7. The molecule has 4 rings (SSSR count). The highest BCUT2D eigenvalue weighted by molar-refractivity contribution is 5.94. The lowest BCUT2D eigenvalue weighted by atomic mass is 9.81. The molecule has 0 spiro atoms. The molecule has 3 aromatic carbocycles. The third kappa shape index (κ3) is 9.74. The van der Waals surface area contributed by atoms with Crippen LogP contribution in [0.4, 0.5) is 5.69 Å². The van der Waals surface area contributed by atoms with Crippen LogP contribution in [0.25, 0.3) is 16.8 Å². The van der Waals surface area contributed by atoms with Crippen LogP contribution in [0, 0.1) is 0 Å². The van der Waals surface area contributed by atoms with Crippen LogP contribution in [-0.2, 0) is 10.2 Å². The molecule has 1 aliphatic rings. The van der Waals surface area contributed by atoms with Crippen LogP contribution in [0.1, 0.15) is 135 Å². The molecule has 0 amide bonds. The van der Waals surface area contributed by atoms with Crippen LogP contribution >= 0.6 is 0 Å². The lowest BCUT2D eigenvalue weighted by Crippen LogP contribution is -2.27. The van der Waals surface area contributed by atoms with Crippen molar-refractivity contribution in [1.82, 2.24) is 0 Å². The Labute approximate surface area is 278 Å². The van der Waals surface area contributed by atoms with Crippen LogP contribution in [-0.4, -0.2) is 18.1 Å². The van der Waals surface area contributed by atoms with E-state index in [4.69, 9.17) is 4.74 Å². The second-order valence-corrected chi connectivity index (χ2v) is 13.6. The Morgan fingerprint density at radius 2 is 1.37 bits per heavy atom. The van der Waals surface area contributed by atoms with E-state index >= 15 is 0 Å². The van der Waals surface area contributed by atoms with Gasteiger partial charge in [0, 0.05) is 23.3 Å². The fraction of sp³-hybridized carbons (Fsp3) is 0.500. The van der Waals surface area contributed by atoms with Crippen molar-refractivity contribution in [3.05, 3.63) is 83.6 Å². The molecule has 0 atom stereocenters. The molecule has 0 fully saturated rings. The zero-order chi connectivity index (χ0) is 32.6. The number of phenols is 1. The Kier molecular flexibility index (Phi) is 14.3.